The molecular weight excluding hydrogens is 250 g/mol. The lowest BCUT2D eigenvalue weighted by atomic mass is 9.99. The third-order valence-corrected chi connectivity index (χ3v) is 3.37. The predicted molar refractivity (Wildman–Crippen MR) is 83.2 cm³/mol. The van der Waals surface area contributed by atoms with Crippen LogP contribution in [0.2, 0.25) is 0 Å². The van der Waals surface area contributed by atoms with Gasteiger partial charge in [0.1, 0.15) is 5.75 Å². The fourth-order valence-electron chi connectivity index (χ4n) is 2.41. The molecule has 2 N–H and O–H groups in total. The molecule has 0 aromatic heterocycles. The van der Waals surface area contributed by atoms with Gasteiger partial charge in [0, 0.05) is 12.1 Å². The van der Waals surface area contributed by atoms with Gasteiger partial charge in [-0.15, -0.1) is 0 Å². The Labute approximate surface area is 120 Å². The molecule has 1 unspecified atom stereocenters. The van der Waals surface area contributed by atoms with E-state index in [0.717, 1.165) is 28.6 Å². The van der Waals surface area contributed by atoms with Crippen LogP contribution in [0.25, 0.3) is 10.8 Å². The Kier molecular flexibility index (Phi) is 4.99. The zero-order chi connectivity index (χ0) is 14.5. The molecule has 2 aromatic rings. The van der Waals surface area contributed by atoms with Crippen LogP contribution in [0, 0.1) is 5.92 Å². The summed E-state index contributed by atoms with van der Waals surface area (Å²) in [6, 6.07) is 12.0. The van der Waals surface area contributed by atoms with Crippen LogP contribution >= 0.6 is 0 Å². The van der Waals surface area contributed by atoms with Crippen molar-refractivity contribution in [2.45, 2.75) is 20.0 Å². The second-order valence-electron chi connectivity index (χ2n) is 5.47. The van der Waals surface area contributed by atoms with E-state index in [1.807, 2.05) is 36.4 Å². The van der Waals surface area contributed by atoms with Crippen LogP contribution in [0.1, 0.15) is 25.5 Å². The quantitative estimate of drug-likeness (QED) is 0.849. The first kappa shape index (κ1) is 14.8. The van der Waals surface area contributed by atoms with Gasteiger partial charge in [-0.1, -0.05) is 44.2 Å². The lowest BCUT2D eigenvalue weighted by molar-refractivity contribution is 0.171. The fraction of sp³-hybridized carbons (Fsp3) is 0.412. The number of hydrogen-bond donors (Lipinski definition) is 2. The topological polar surface area (TPSA) is 41.5 Å². The minimum absolute atomic E-state index is 0.530. The van der Waals surface area contributed by atoms with E-state index in [1.165, 1.54) is 0 Å². The largest absolute Gasteiger partial charge is 0.496 e. The third-order valence-electron chi connectivity index (χ3n) is 3.37. The maximum atomic E-state index is 10.5. The molecule has 2 rings (SSSR count). The van der Waals surface area contributed by atoms with Gasteiger partial charge >= 0.3 is 0 Å². The average molecular weight is 273 g/mol. The van der Waals surface area contributed by atoms with Crippen LogP contribution in [-0.4, -0.2) is 25.3 Å². The maximum absolute atomic E-state index is 10.5. The number of benzene rings is 2. The Balaban J connectivity index is 2.30. The van der Waals surface area contributed by atoms with Crippen molar-refractivity contribution < 1.29 is 9.84 Å². The van der Waals surface area contributed by atoms with E-state index >= 15 is 0 Å². The Hall–Kier alpha value is -1.58. The molecule has 2 aromatic carbocycles. The molecule has 3 nitrogen and oxygen atoms in total. The van der Waals surface area contributed by atoms with Crippen molar-refractivity contribution in [2.75, 3.05) is 20.2 Å². The second-order valence-corrected chi connectivity index (χ2v) is 5.47. The van der Waals surface area contributed by atoms with Crippen molar-refractivity contribution in [2.24, 2.45) is 5.92 Å². The van der Waals surface area contributed by atoms with Crippen LogP contribution in [0.3, 0.4) is 0 Å². The molecule has 3 heteroatoms. The number of fused-ring (bicyclic) bond motifs is 1. The van der Waals surface area contributed by atoms with E-state index in [-0.39, 0.29) is 0 Å². The molecule has 0 saturated carbocycles. The van der Waals surface area contributed by atoms with Crippen molar-refractivity contribution in [1.29, 1.82) is 0 Å². The SMILES string of the molecule is COc1ccc2ccccc2c1C(O)CNCC(C)C. The van der Waals surface area contributed by atoms with Crippen LogP contribution in [0.15, 0.2) is 36.4 Å². The van der Waals surface area contributed by atoms with E-state index in [4.69, 9.17) is 4.74 Å². The minimum Gasteiger partial charge on any atom is -0.496 e. The Morgan fingerprint density at radius 3 is 2.55 bits per heavy atom. The zero-order valence-electron chi connectivity index (χ0n) is 12.4. The number of nitrogens with one attached hydrogen (secondary N) is 1. The van der Waals surface area contributed by atoms with Crippen molar-refractivity contribution in [3.8, 4) is 5.75 Å². The summed E-state index contributed by atoms with van der Waals surface area (Å²) in [5.41, 5.74) is 0.863. The lowest BCUT2D eigenvalue weighted by Crippen LogP contribution is -2.25. The first-order valence-electron chi connectivity index (χ1n) is 7.08. The molecule has 0 amide bonds. The number of aliphatic hydroxyl groups is 1. The summed E-state index contributed by atoms with van der Waals surface area (Å²) in [4.78, 5) is 0. The molecule has 0 aliphatic rings. The number of ether oxygens (including phenoxy) is 1. The molecule has 0 aliphatic heterocycles. The van der Waals surface area contributed by atoms with Crippen LogP contribution in [-0.2, 0) is 0 Å². The zero-order valence-corrected chi connectivity index (χ0v) is 12.4. The average Bonchev–Trinajstić information content (AvgIpc) is 2.45. The van der Waals surface area contributed by atoms with E-state index in [1.54, 1.807) is 7.11 Å². The van der Waals surface area contributed by atoms with Gasteiger partial charge in [0.05, 0.1) is 13.2 Å². The highest BCUT2D eigenvalue weighted by Crippen LogP contribution is 2.32. The van der Waals surface area contributed by atoms with Gasteiger partial charge in [0.2, 0.25) is 0 Å². The molecule has 0 fully saturated rings. The van der Waals surface area contributed by atoms with Crippen LogP contribution in [0.5, 0.6) is 5.75 Å². The first-order valence-corrected chi connectivity index (χ1v) is 7.08. The van der Waals surface area contributed by atoms with Crippen LogP contribution < -0.4 is 10.1 Å². The molecule has 0 heterocycles. The predicted octanol–water partition coefficient (Wildman–Crippen LogP) is 3.13. The number of aliphatic hydroxyl groups excluding tert-OH is 1. The van der Waals surface area contributed by atoms with Crippen molar-refractivity contribution in [3.63, 3.8) is 0 Å². The van der Waals surface area contributed by atoms with Gasteiger partial charge < -0.3 is 15.2 Å². The molecule has 0 saturated heterocycles. The first-order chi connectivity index (χ1) is 9.63. The Morgan fingerprint density at radius 1 is 1.10 bits per heavy atom. The number of hydrogen-bond acceptors (Lipinski definition) is 3. The summed E-state index contributed by atoms with van der Waals surface area (Å²) >= 11 is 0. The summed E-state index contributed by atoms with van der Waals surface area (Å²) in [7, 11) is 1.64. The van der Waals surface area contributed by atoms with Gasteiger partial charge in [-0.25, -0.2) is 0 Å². The molecular formula is C17H23NO2. The van der Waals surface area contributed by atoms with Gasteiger partial charge in [-0.05, 0) is 29.3 Å². The van der Waals surface area contributed by atoms with E-state index < -0.39 is 6.10 Å². The monoisotopic (exact) mass is 273 g/mol. The highest BCUT2D eigenvalue weighted by Gasteiger charge is 2.16. The molecule has 0 aliphatic carbocycles. The third kappa shape index (κ3) is 3.30. The molecule has 0 bridgehead atoms. The summed E-state index contributed by atoms with van der Waals surface area (Å²) in [5, 5.41) is 16.0. The maximum Gasteiger partial charge on any atom is 0.125 e. The lowest BCUT2D eigenvalue weighted by Gasteiger charge is -2.18. The van der Waals surface area contributed by atoms with E-state index in [9.17, 15) is 5.11 Å². The van der Waals surface area contributed by atoms with E-state index in [0.29, 0.717) is 12.5 Å². The summed E-state index contributed by atoms with van der Waals surface area (Å²) in [6.45, 7) is 5.72. The Bertz CT molecular complexity index is 566. The summed E-state index contributed by atoms with van der Waals surface area (Å²) < 4.78 is 5.41. The van der Waals surface area contributed by atoms with Gasteiger partial charge in [0.15, 0.2) is 0 Å². The standard InChI is InChI=1S/C17H23NO2/c1-12(2)10-18-11-15(19)17-14-7-5-4-6-13(14)8-9-16(17)20-3/h4-9,12,15,18-19H,10-11H2,1-3H3. The summed E-state index contributed by atoms with van der Waals surface area (Å²) in [5.74, 6) is 1.30. The Morgan fingerprint density at radius 2 is 1.85 bits per heavy atom. The van der Waals surface area contributed by atoms with Crippen molar-refractivity contribution in [1.82, 2.24) is 5.32 Å². The van der Waals surface area contributed by atoms with Crippen molar-refractivity contribution in [3.05, 3.63) is 42.0 Å². The highest BCUT2D eigenvalue weighted by molar-refractivity contribution is 5.88. The molecule has 108 valence electrons. The van der Waals surface area contributed by atoms with Gasteiger partial charge in [0.25, 0.3) is 0 Å². The van der Waals surface area contributed by atoms with Gasteiger partial charge in [-0.3, -0.25) is 0 Å². The minimum atomic E-state index is -0.574. The second kappa shape index (κ2) is 6.73. The van der Waals surface area contributed by atoms with Crippen LogP contribution in [0.4, 0.5) is 0 Å². The number of rotatable bonds is 6. The van der Waals surface area contributed by atoms with Gasteiger partial charge in [-0.2, -0.15) is 0 Å². The normalized spacial score (nSPS) is 12.8. The number of methoxy groups -OCH3 is 1. The molecule has 1 atom stereocenters. The smallest absolute Gasteiger partial charge is 0.125 e. The molecule has 0 spiro atoms. The molecule has 0 radical (unpaired) electrons. The summed E-state index contributed by atoms with van der Waals surface area (Å²) in [6.07, 6.45) is -0.574. The highest BCUT2D eigenvalue weighted by atomic mass is 16.5. The molecule has 20 heavy (non-hydrogen) atoms. The van der Waals surface area contributed by atoms with Crippen molar-refractivity contribution >= 4 is 10.8 Å². The fourth-order valence-corrected chi connectivity index (χ4v) is 2.41. The van der Waals surface area contributed by atoms with E-state index in [2.05, 4.69) is 19.2 Å².